The number of nitrogens with one attached hydrogen (secondary N) is 2. The average molecular weight is 514 g/mol. The lowest BCUT2D eigenvalue weighted by molar-refractivity contribution is -0.119. The molecule has 1 amide bonds. The molecule has 172 valence electrons. The highest BCUT2D eigenvalue weighted by molar-refractivity contribution is 9.10. The maximum atomic E-state index is 13.8. The van der Waals surface area contributed by atoms with Crippen LogP contribution in [0, 0.1) is 19.7 Å². The van der Waals surface area contributed by atoms with Crippen LogP contribution in [-0.2, 0) is 11.4 Å². The van der Waals surface area contributed by atoms with Crippen molar-refractivity contribution in [3.8, 4) is 11.5 Å². The molecule has 0 saturated carbocycles. The van der Waals surface area contributed by atoms with Crippen LogP contribution in [0.25, 0.3) is 0 Å². The largest absolute Gasteiger partial charge is 0.493 e. The molecule has 0 unspecified atom stereocenters. The Bertz CT molecular complexity index is 1170. The van der Waals surface area contributed by atoms with E-state index in [4.69, 9.17) is 9.47 Å². The van der Waals surface area contributed by atoms with Gasteiger partial charge in [0.05, 0.1) is 19.9 Å². The Labute approximate surface area is 200 Å². The number of hydrazone groups is 1. The molecule has 6 nitrogen and oxygen atoms in total. The molecule has 3 aromatic rings. The first-order valence-electron chi connectivity index (χ1n) is 10.2. The lowest BCUT2D eigenvalue weighted by Gasteiger charge is -2.13. The van der Waals surface area contributed by atoms with E-state index in [1.165, 1.54) is 25.0 Å². The van der Waals surface area contributed by atoms with Gasteiger partial charge in [0.1, 0.15) is 12.4 Å². The number of hydrogen-bond donors (Lipinski definition) is 2. The van der Waals surface area contributed by atoms with E-state index in [0.717, 1.165) is 11.3 Å². The fourth-order valence-electron chi connectivity index (χ4n) is 2.94. The molecule has 3 aromatic carbocycles. The van der Waals surface area contributed by atoms with E-state index < -0.39 is 0 Å². The topological polar surface area (TPSA) is 72.0 Å². The van der Waals surface area contributed by atoms with Gasteiger partial charge >= 0.3 is 0 Å². The number of halogens is 2. The number of rotatable bonds is 9. The van der Waals surface area contributed by atoms with E-state index in [9.17, 15) is 9.18 Å². The summed E-state index contributed by atoms with van der Waals surface area (Å²) in [5, 5.41) is 7.09. The van der Waals surface area contributed by atoms with Crippen molar-refractivity contribution < 1.29 is 18.7 Å². The molecule has 3 rings (SSSR count). The Morgan fingerprint density at radius 3 is 2.61 bits per heavy atom. The Hall–Kier alpha value is -3.39. The Morgan fingerprint density at radius 2 is 1.88 bits per heavy atom. The van der Waals surface area contributed by atoms with E-state index >= 15 is 0 Å². The number of ether oxygens (including phenoxy) is 2. The van der Waals surface area contributed by atoms with Gasteiger partial charge in [-0.25, -0.2) is 9.82 Å². The molecular weight excluding hydrogens is 489 g/mol. The Balaban J connectivity index is 1.58. The third-order valence-corrected chi connectivity index (χ3v) is 5.66. The number of aryl methyl sites for hydroxylation is 2. The molecule has 0 fully saturated rings. The summed E-state index contributed by atoms with van der Waals surface area (Å²) in [6.07, 6.45) is 1.50. The van der Waals surface area contributed by atoms with Crippen LogP contribution < -0.4 is 20.2 Å². The molecule has 0 spiro atoms. The predicted molar refractivity (Wildman–Crippen MR) is 132 cm³/mol. The van der Waals surface area contributed by atoms with Crippen LogP contribution in [0.5, 0.6) is 11.5 Å². The molecule has 0 bridgehead atoms. The number of hydrogen-bond acceptors (Lipinski definition) is 5. The van der Waals surface area contributed by atoms with E-state index in [-0.39, 0.29) is 24.9 Å². The Morgan fingerprint density at radius 1 is 1.09 bits per heavy atom. The summed E-state index contributed by atoms with van der Waals surface area (Å²) >= 11 is 3.47. The standard InChI is InChI=1S/C25H25BrFN3O3/c1-16-8-9-20(10-17(16)2)28-14-25(31)30-29-13-19-11-23(32-3)24(12-21(19)26)33-15-18-6-4-5-7-22(18)27/h4-13,28H,14-15H2,1-3H3,(H,30,31)/b29-13-. The molecule has 33 heavy (non-hydrogen) atoms. The second kappa shape index (κ2) is 11.5. The van der Waals surface area contributed by atoms with E-state index in [2.05, 4.69) is 31.8 Å². The van der Waals surface area contributed by atoms with Gasteiger partial charge in [0.2, 0.25) is 0 Å². The first-order valence-corrected chi connectivity index (χ1v) is 11.0. The first kappa shape index (κ1) is 24.3. The predicted octanol–water partition coefficient (Wildman–Crippen LogP) is 5.35. The highest BCUT2D eigenvalue weighted by Gasteiger charge is 2.11. The smallest absolute Gasteiger partial charge is 0.259 e. The molecule has 0 aromatic heterocycles. The van der Waals surface area contributed by atoms with Crippen LogP contribution in [0.3, 0.4) is 0 Å². The van der Waals surface area contributed by atoms with E-state index in [1.807, 2.05) is 32.0 Å². The number of benzene rings is 3. The summed E-state index contributed by atoms with van der Waals surface area (Å²) in [5.41, 5.74) is 6.83. The van der Waals surface area contributed by atoms with Crippen molar-refractivity contribution in [2.75, 3.05) is 19.0 Å². The lowest BCUT2D eigenvalue weighted by atomic mass is 10.1. The van der Waals surface area contributed by atoms with Gasteiger partial charge in [-0.2, -0.15) is 5.10 Å². The second-order valence-electron chi connectivity index (χ2n) is 7.35. The van der Waals surface area contributed by atoms with Crippen molar-refractivity contribution in [2.24, 2.45) is 5.10 Å². The summed E-state index contributed by atoms with van der Waals surface area (Å²) in [4.78, 5) is 12.1. The lowest BCUT2D eigenvalue weighted by Crippen LogP contribution is -2.25. The number of methoxy groups -OCH3 is 1. The van der Waals surface area contributed by atoms with Crippen molar-refractivity contribution in [3.05, 3.63) is 87.1 Å². The van der Waals surface area contributed by atoms with Gasteiger partial charge < -0.3 is 14.8 Å². The van der Waals surface area contributed by atoms with Gasteiger partial charge in [0.15, 0.2) is 11.5 Å². The van der Waals surface area contributed by atoms with Crippen molar-refractivity contribution in [2.45, 2.75) is 20.5 Å². The fraction of sp³-hybridized carbons (Fsp3) is 0.200. The van der Waals surface area contributed by atoms with Crippen molar-refractivity contribution in [1.82, 2.24) is 5.43 Å². The number of amides is 1. The number of anilines is 1. The van der Waals surface area contributed by atoms with Crippen LogP contribution in [0.4, 0.5) is 10.1 Å². The summed E-state index contributed by atoms with van der Waals surface area (Å²) in [6.45, 7) is 4.21. The molecular formula is C25H25BrFN3O3. The highest BCUT2D eigenvalue weighted by atomic mass is 79.9. The van der Waals surface area contributed by atoms with Crippen LogP contribution in [0.1, 0.15) is 22.3 Å². The molecule has 0 atom stereocenters. The fourth-order valence-corrected chi connectivity index (χ4v) is 3.36. The molecule has 0 aliphatic carbocycles. The normalized spacial score (nSPS) is 10.8. The van der Waals surface area contributed by atoms with Crippen LogP contribution in [0.2, 0.25) is 0 Å². The summed E-state index contributed by atoms with van der Waals surface area (Å²) in [7, 11) is 1.51. The third-order valence-electron chi connectivity index (χ3n) is 4.98. The van der Waals surface area contributed by atoms with Crippen LogP contribution >= 0.6 is 15.9 Å². The van der Waals surface area contributed by atoms with Crippen molar-refractivity contribution in [3.63, 3.8) is 0 Å². The molecule has 0 radical (unpaired) electrons. The quantitative estimate of drug-likeness (QED) is 0.298. The zero-order valence-corrected chi connectivity index (χ0v) is 20.2. The second-order valence-corrected chi connectivity index (χ2v) is 8.20. The first-order chi connectivity index (χ1) is 15.9. The monoisotopic (exact) mass is 513 g/mol. The van der Waals surface area contributed by atoms with Gasteiger partial charge in [0.25, 0.3) is 5.91 Å². The zero-order valence-electron chi connectivity index (χ0n) is 18.6. The van der Waals surface area contributed by atoms with Crippen LogP contribution in [0.15, 0.2) is 64.2 Å². The molecule has 0 saturated heterocycles. The van der Waals surface area contributed by atoms with Crippen molar-refractivity contribution >= 4 is 33.7 Å². The molecule has 0 aliphatic heterocycles. The van der Waals surface area contributed by atoms with Gasteiger partial charge in [-0.15, -0.1) is 0 Å². The Kier molecular flexibility index (Phi) is 8.43. The zero-order chi connectivity index (χ0) is 23.8. The molecule has 0 heterocycles. The van der Waals surface area contributed by atoms with E-state index in [0.29, 0.717) is 27.1 Å². The van der Waals surface area contributed by atoms with Gasteiger partial charge in [-0.1, -0.05) is 24.3 Å². The molecule has 8 heteroatoms. The summed E-state index contributed by atoms with van der Waals surface area (Å²) in [6, 6.07) is 15.8. The minimum atomic E-state index is -0.331. The highest BCUT2D eigenvalue weighted by Crippen LogP contribution is 2.33. The van der Waals surface area contributed by atoms with Crippen molar-refractivity contribution in [1.29, 1.82) is 0 Å². The SMILES string of the molecule is COc1cc(/C=N\NC(=O)CNc2ccc(C)c(C)c2)c(Br)cc1OCc1ccccc1F. The maximum Gasteiger partial charge on any atom is 0.259 e. The molecule has 0 aliphatic rings. The number of carbonyl (C=O) groups is 1. The van der Waals surface area contributed by atoms with Crippen LogP contribution in [-0.4, -0.2) is 25.8 Å². The van der Waals surface area contributed by atoms with Gasteiger partial charge in [0, 0.05) is 21.3 Å². The van der Waals surface area contributed by atoms with Gasteiger partial charge in [-0.05, 0) is 71.2 Å². The summed E-state index contributed by atoms with van der Waals surface area (Å²) < 4.78 is 25.6. The van der Waals surface area contributed by atoms with Gasteiger partial charge in [-0.3, -0.25) is 4.79 Å². The summed E-state index contributed by atoms with van der Waals surface area (Å²) in [5.74, 6) is 0.296. The molecule has 2 N–H and O–H groups in total. The third kappa shape index (κ3) is 6.79. The number of carbonyl (C=O) groups excluding carboxylic acids is 1. The average Bonchev–Trinajstić information content (AvgIpc) is 2.80. The minimum Gasteiger partial charge on any atom is -0.493 e. The minimum absolute atomic E-state index is 0.0620. The van der Waals surface area contributed by atoms with E-state index in [1.54, 1.807) is 30.3 Å². The number of nitrogens with zero attached hydrogens (tertiary/aromatic N) is 1. The maximum absolute atomic E-state index is 13.8.